The summed E-state index contributed by atoms with van der Waals surface area (Å²) < 4.78 is 6.17. The molecule has 0 spiro atoms. The van der Waals surface area contributed by atoms with Crippen LogP contribution in [0.5, 0.6) is 5.75 Å². The Morgan fingerprint density at radius 1 is 1.30 bits per heavy atom. The van der Waals surface area contributed by atoms with E-state index in [1.807, 2.05) is 30.3 Å². The number of amides is 1. The molecule has 116 valence electrons. The van der Waals surface area contributed by atoms with Gasteiger partial charge in [0.05, 0.1) is 18.7 Å². The molecule has 5 heteroatoms. The van der Waals surface area contributed by atoms with Gasteiger partial charge in [-0.2, -0.15) is 5.26 Å². The fourth-order valence-electron chi connectivity index (χ4n) is 1.95. The molecule has 0 bridgehead atoms. The van der Waals surface area contributed by atoms with Crippen molar-refractivity contribution < 1.29 is 9.53 Å². The molecule has 2 rings (SSSR count). The Morgan fingerprint density at radius 2 is 2.04 bits per heavy atom. The molecule has 0 unspecified atom stereocenters. The van der Waals surface area contributed by atoms with Crippen molar-refractivity contribution in [2.24, 2.45) is 0 Å². The van der Waals surface area contributed by atoms with Gasteiger partial charge in [-0.3, -0.25) is 4.79 Å². The van der Waals surface area contributed by atoms with Gasteiger partial charge in [-0.25, -0.2) is 0 Å². The second-order valence-electron chi connectivity index (χ2n) is 4.75. The number of carbonyl (C=O) groups is 1. The molecule has 0 heterocycles. The second kappa shape index (κ2) is 8.16. The van der Waals surface area contributed by atoms with Crippen LogP contribution < -0.4 is 10.1 Å². The lowest BCUT2D eigenvalue weighted by atomic mass is 10.1. The molecule has 0 saturated carbocycles. The summed E-state index contributed by atoms with van der Waals surface area (Å²) in [5.41, 5.74) is 2.35. The van der Waals surface area contributed by atoms with Gasteiger partial charge < -0.3 is 10.1 Å². The van der Waals surface area contributed by atoms with E-state index in [9.17, 15) is 4.79 Å². The summed E-state index contributed by atoms with van der Waals surface area (Å²) in [6, 6.07) is 14.7. The first kappa shape index (κ1) is 16.8. The number of rotatable bonds is 5. The minimum Gasteiger partial charge on any atom is -0.496 e. The highest BCUT2D eigenvalue weighted by atomic mass is 79.9. The number of nitrogens with zero attached hydrogens (tertiary/aromatic N) is 1. The average Bonchev–Trinajstić information content (AvgIpc) is 2.58. The standard InChI is InChI=1S/C18H15BrN2O2/c1-23-17-8-7-16(19)10-15(17)6-9-18(22)21-12-14-4-2-13(11-20)3-5-14/h2-10H,12H2,1H3,(H,21,22)/b9-6+. The van der Waals surface area contributed by atoms with E-state index >= 15 is 0 Å². The number of methoxy groups -OCH3 is 1. The summed E-state index contributed by atoms with van der Waals surface area (Å²) in [4.78, 5) is 11.9. The lowest BCUT2D eigenvalue weighted by Gasteiger charge is -2.05. The van der Waals surface area contributed by atoms with Gasteiger partial charge in [-0.15, -0.1) is 0 Å². The first-order valence-corrected chi connectivity index (χ1v) is 7.70. The highest BCUT2D eigenvalue weighted by molar-refractivity contribution is 9.10. The monoisotopic (exact) mass is 370 g/mol. The van der Waals surface area contributed by atoms with Crippen molar-refractivity contribution in [3.05, 3.63) is 69.7 Å². The van der Waals surface area contributed by atoms with Gasteiger partial charge in [0.1, 0.15) is 5.75 Å². The normalized spacial score (nSPS) is 10.3. The van der Waals surface area contributed by atoms with Crippen molar-refractivity contribution in [3.63, 3.8) is 0 Å². The Morgan fingerprint density at radius 3 is 2.70 bits per heavy atom. The van der Waals surface area contributed by atoms with Gasteiger partial charge in [0, 0.05) is 22.7 Å². The van der Waals surface area contributed by atoms with Crippen molar-refractivity contribution in [2.45, 2.75) is 6.54 Å². The van der Waals surface area contributed by atoms with Gasteiger partial charge in [0.25, 0.3) is 0 Å². The Labute approximate surface area is 143 Å². The predicted molar refractivity (Wildman–Crippen MR) is 92.7 cm³/mol. The van der Waals surface area contributed by atoms with E-state index in [4.69, 9.17) is 10.00 Å². The fourth-order valence-corrected chi connectivity index (χ4v) is 2.32. The number of hydrogen-bond acceptors (Lipinski definition) is 3. The Bertz CT molecular complexity index is 762. The first-order valence-electron chi connectivity index (χ1n) is 6.91. The molecule has 2 aromatic carbocycles. The average molecular weight is 371 g/mol. The van der Waals surface area contributed by atoms with Crippen LogP contribution in [0.1, 0.15) is 16.7 Å². The zero-order chi connectivity index (χ0) is 16.7. The third kappa shape index (κ3) is 4.97. The summed E-state index contributed by atoms with van der Waals surface area (Å²) >= 11 is 3.39. The third-order valence-electron chi connectivity index (χ3n) is 3.16. The molecule has 1 N–H and O–H groups in total. The first-order chi connectivity index (χ1) is 11.1. The van der Waals surface area contributed by atoms with Crippen LogP contribution in [0.4, 0.5) is 0 Å². The molecular weight excluding hydrogens is 356 g/mol. The lowest BCUT2D eigenvalue weighted by molar-refractivity contribution is -0.116. The number of halogens is 1. The number of nitriles is 1. The molecule has 0 radical (unpaired) electrons. The summed E-state index contributed by atoms with van der Waals surface area (Å²) in [5, 5.41) is 11.5. The van der Waals surface area contributed by atoms with Crippen LogP contribution in [-0.2, 0) is 11.3 Å². The van der Waals surface area contributed by atoms with Gasteiger partial charge >= 0.3 is 0 Å². The molecule has 1 amide bonds. The van der Waals surface area contributed by atoms with Crippen molar-refractivity contribution >= 4 is 27.9 Å². The minimum absolute atomic E-state index is 0.198. The molecule has 0 fully saturated rings. The topological polar surface area (TPSA) is 62.1 Å². The molecule has 0 saturated heterocycles. The van der Waals surface area contributed by atoms with E-state index in [0.717, 1.165) is 15.6 Å². The van der Waals surface area contributed by atoms with Gasteiger partial charge in [0.2, 0.25) is 5.91 Å². The Balaban J connectivity index is 1.96. The van der Waals surface area contributed by atoms with Gasteiger partial charge in [-0.05, 0) is 42.0 Å². The van der Waals surface area contributed by atoms with Gasteiger partial charge in [-0.1, -0.05) is 28.1 Å². The maximum Gasteiger partial charge on any atom is 0.244 e. The zero-order valence-corrected chi connectivity index (χ0v) is 14.1. The fraction of sp³-hybridized carbons (Fsp3) is 0.111. The van der Waals surface area contributed by atoms with E-state index in [1.165, 1.54) is 6.08 Å². The van der Waals surface area contributed by atoms with Crippen molar-refractivity contribution in [3.8, 4) is 11.8 Å². The van der Waals surface area contributed by atoms with Crippen LogP contribution in [0.25, 0.3) is 6.08 Å². The van der Waals surface area contributed by atoms with Crippen molar-refractivity contribution in [2.75, 3.05) is 7.11 Å². The summed E-state index contributed by atoms with van der Waals surface area (Å²) in [5.74, 6) is 0.501. The highest BCUT2D eigenvalue weighted by Gasteiger charge is 2.02. The molecular formula is C18H15BrN2O2. The number of nitrogens with one attached hydrogen (secondary N) is 1. The van der Waals surface area contributed by atoms with Crippen molar-refractivity contribution in [1.29, 1.82) is 5.26 Å². The van der Waals surface area contributed by atoms with E-state index in [-0.39, 0.29) is 5.91 Å². The van der Waals surface area contributed by atoms with Crippen LogP contribution in [0.15, 0.2) is 53.0 Å². The number of carbonyl (C=O) groups excluding carboxylic acids is 1. The molecule has 0 aliphatic heterocycles. The van der Waals surface area contributed by atoms with Gasteiger partial charge in [0.15, 0.2) is 0 Å². The summed E-state index contributed by atoms with van der Waals surface area (Å²) in [7, 11) is 1.59. The number of hydrogen-bond donors (Lipinski definition) is 1. The zero-order valence-electron chi connectivity index (χ0n) is 12.5. The van der Waals surface area contributed by atoms with E-state index in [0.29, 0.717) is 17.9 Å². The molecule has 23 heavy (non-hydrogen) atoms. The smallest absolute Gasteiger partial charge is 0.244 e. The summed E-state index contributed by atoms with van der Waals surface area (Å²) in [6.45, 7) is 0.407. The quantitative estimate of drug-likeness (QED) is 0.816. The Hall–Kier alpha value is -2.58. The molecule has 2 aromatic rings. The molecule has 0 aromatic heterocycles. The SMILES string of the molecule is COc1ccc(Br)cc1/C=C/C(=O)NCc1ccc(C#N)cc1. The lowest BCUT2D eigenvalue weighted by Crippen LogP contribution is -2.20. The van der Waals surface area contributed by atoms with Crippen LogP contribution in [0.2, 0.25) is 0 Å². The maximum atomic E-state index is 11.9. The number of benzene rings is 2. The predicted octanol–water partition coefficient (Wildman–Crippen LogP) is 3.66. The minimum atomic E-state index is -0.198. The third-order valence-corrected chi connectivity index (χ3v) is 3.65. The number of ether oxygens (including phenoxy) is 1. The molecule has 4 nitrogen and oxygen atoms in total. The van der Waals surface area contributed by atoms with Crippen molar-refractivity contribution in [1.82, 2.24) is 5.32 Å². The largest absolute Gasteiger partial charge is 0.496 e. The molecule has 0 aliphatic carbocycles. The van der Waals surface area contributed by atoms with E-state index in [1.54, 1.807) is 25.3 Å². The maximum absolute atomic E-state index is 11.9. The van der Waals surface area contributed by atoms with E-state index in [2.05, 4.69) is 27.3 Å². The Kier molecular flexibility index (Phi) is 5.95. The van der Waals surface area contributed by atoms with Crippen LogP contribution >= 0.6 is 15.9 Å². The van der Waals surface area contributed by atoms with Crippen LogP contribution in [-0.4, -0.2) is 13.0 Å². The molecule has 0 aliphatic rings. The van der Waals surface area contributed by atoms with E-state index < -0.39 is 0 Å². The van der Waals surface area contributed by atoms with Crippen LogP contribution in [0.3, 0.4) is 0 Å². The highest BCUT2D eigenvalue weighted by Crippen LogP contribution is 2.24. The second-order valence-corrected chi connectivity index (χ2v) is 5.66. The molecule has 0 atom stereocenters. The summed E-state index contributed by atoms with van der Waals surface area (Å²) in [6.07, 6.45) is 3.17. The van der Waals surface area contributed by atoms with Crippen LogP contribution in [0, 0.1) is 11.3 Å².